The standard InChI is InChI=1S/C38H42N6O4S2/c1-37(2,3)27-18-23(19-28(31(27)45)38(4,5)6)20-39-29-33(46)44-30(26(21-49-34(29)44)22-50-36-40-41-42-43(36)7)35(47)48-32(24-14-10-8-11-15-24)25-16-12-9-13-17-25/h8-20,29,32,34,45H,21-22H2,1-7H3/t29?,34-/m0/s1. The summed E-state index contributed by atoms with van der Waals surface area (Å²) in [6.07, 6.45) is 1.05. The minimum atomic E-state index is -0.677. The van der Waals surface area contributed by atoms with Crippen LogP contribution in [0.15, 0.2) is 94.2 Å². The minimum Gasteiger partial charge on any atom is -0.507 e. The molecule has 1 unspecified atom stereocenters. The van der Waals surface area contributed by atoms with Gasteiger partial charge in [0.15, 0.2) is 12.1 Å². The van der Waals surface area contributed by atoms with Crippen LogP contribution in [-0.2, 0) is 32.2 Å². The molecule has 1 fully saturated rings. The predicted molar refractivity (Wildman–Crippen MR) is 197 cm³/mol. The second-order valence-electron chi connectivity index (χ2n) is 14.5. The fourth-order valence-corrected chi connectivity index (χ4v) is 8.38. The molecule has 260 valence electrons. The van der Waals surface area contributed by atoms with Crippen LogP contribution in [0.3, 0.4) is 0 Å². The van der Waals surface area contributed by atoms with Crippen molar-refractivity contribution in [3.63, 3.8) is 0 Å². The molecular formula is C38H42N6O4S2. The Labute approximate surface area is 301 Å². The van der Waals surface area contributed by atoms with Crippen LogP contribution in [0.25, 0.3) is 0 Å². The molecule has 0 radical (unpaired) electrons. The summed E-state index contributed by atoms with van der Waals surface area (Å²) < 4.78 is 7.87. The topological polar surface area (TPSA) is 123 Å². The molecule has 0 bridgehead atoms. The van der Waals surface area contributed by atoms with Gasteiger partial charge in [-0.1, -0.05) is 114 Å². The van der Waals surface area contributed by atoms with Gasteiger partial charge in [0.05, 0.1) is 0 Å². The number of carbonyl (C=O) groups is 2. The van der Waals surface area contributed by atoms with E-state index < -0.39 is 18.1 Å². The van der Waals surface area contributed by atoms with E-state index in [1.807, 2.05) is 72.8 Å². The summed E-state index contributed by atoms with van der Waals surface area (Å²) >= 11 is 2.97. The third-order valence-electron chi connectivity index (χ3n) is 8.73. The number of hydrogen-bond acceptors (Lipinski definition) is 10. The van der Waals surface area contributed by atoms with Gasteiger partial charge in [-0.2, -0.15) is 0 Å². The molecule has 0 aliphatic carbocycles. The number of rotatable bonds is 9. The molecule has 1 aromatic heterocycles. The molecule has 2 aliphatic heterocycles. The Morgan fingerprint density at radius 3 is 2.12 bits per heavy atom. The van der Waals surface area contributed by atoms with Crippen molar-refractivity contribution in [2.45, 2.75) is 75.0 Å². The zero-order valence-electron chi connectivity index (χ0n) is 29.3. The van der Waals surface area contributed by atoms with E-state index in [0.717, 1.165) is 33.4 Å². The first-order valence-electron chi connectivity index (χ1n) is 16.5. The summed E-state index contributed by atoms with van der Waals surface area (Å²) in [4.78, 5) is 34.6. The first kappa shape index (κ1) is 35.4. The SMILES string of the molecule is Cn1nnnc1SCC1=C(C(=O)OC(c2ccccc2)c2ccccc2)N2C(=O)C(N=Cc3cc(C(C)(C)C)c(O)c(C(C)(C)C)c3)[C@@H]2SC1. The van der Waals surface area contributed by atoms with Crippen LogP contribution < -0.4 is 0 Å². The third kappa shape index (κ3) is 7.22. The van der Waals surface area contributed by atoms with Gasteiger partial charge in [-0.05, 0) is 55.7 Å². The van der Waals surface area contributed by atoms with E-state index in [4.69, 9.17) is 9.73 Å². The van der Waals surface area contributed by atoms with E-state index >= 15 is 0 Å². The highest BCUT2D eigenvalue weighted by molar-refractivity contribution is 8.01. The lowest BCUT2D eigenvalue weighted by Gasteiger charge is -2.48. The average molecular weight is 711 g/mol. The number of aromatic hydroxyl groups is 1. The van der Waals surface area contributed by atoms with Crippen molar-refractivity contribution < 1.29 is 19.4 Å². The van der Waals surface area contributed by atoms with E-state index in [9.17, 15) is 14.7 Å². The second kappa shape index (κ2) is 14.1. The molecule has 12 heteroatoms. The van der Waals surface area contributed by atoms with Crippen LogP contribution in [0.2, 0.25) is 0 Å². The Morgan fingerprint density at radius 1 is 1.02 bits per heavy atom. The molecule has 50 heavy (non-hydrogen) atoms. The van der Waals surface area contributed by atoms with E-state index in [0.29, 0.717) is 16.7 Å². The van der Waals surface area contributed by atoms with Crippen LogP contribution in [0.1, 0.15) is 75.5 Å². The van der Waals surface area contributed by atoms with E-state index in [1.165, 1.54) is 11.8 Å². The highest BCUT2D eigenvalue weighted by Crippen LogP contribution is 2.44. The van der Waals surface area contributed by atoms with Gasteiger partial charge < -0.3 is 9.84 Å². The Balaban J connectivity index is 1.32. The number of phenolic OH excluding ortho intramolecular Hbond substituents is 1. The predicted octanol–water partition coefficient (Wildman–Crippen LogP) is 6.59. The first-order valence-corrected chi connectivity index (χ1v) is 18.5. The van der Waals surface area contributed by atoms with Gasteiger partial charge in [-0.25, -0.2) is 9.48 Å². The largest absolute Gasteiger partial charge is 0.507 e. The zero-order valence-corrected chi connectivity index (χ0v) is 31.0. The number of β-lactam (4-membered cyclic amide) rings is 1. The Bertz CT molecular complexity index is 1870. The van der Waals surface area contributed by atoms with Crippen LogP contribution in [-0.4, -0.2) is 71.2 Å². The lowest BCUT2D eigenvalue weighted by Crippen LogP contribution is -2.64. The molecule has 2 aliphatic rings. The highest BCUT2D eigenvalue weighted by Gasteiger charge is 2.54. The number of aryl methyl sites for hydroxylation is 1. The fraction of sp³-hybridized carbons (Fsp3) is 0.368. The second-order valence-corrected chi connectivity index (χ2v) is 16.6. The van der Waals surface area contributed by atoms with Crippen molar-refractivity contribution in [2.75, 3.05) is 11.5 Å². The molecule has 10 nitrogen and oxygen atoms in total. The van der Waals surface area contributed by atoms with Crippen LogP contribution in [0.5, 0.6) is 5.75 Å². The molecule has 0 saturated carbocycles. The maximum atomic E-state index is 14.3. The fourth-order valence-electron chi connectivity index (χ4n) is 6.05. The molecule has 3 heterocycles. The third-order valence-corrected chi connectivity index (χ3v) is 11.2. The van der Waals surface area contributed by atoms with Crippen molar-refractivity contribution in [2.24, 2.45) is 12.0 Å². The Morgan fingerprint density at radius 2 is 1.60 bits per heavy atom. The number of fused-ring (bicyclic) bond motifs is 1. The van der Waals surface area contributed by atoms with Crippen molar-refractivity contribution >= 4 is 41.6 Å². The Hall–Kier alpha value is -4.42. The number of carbonyl (C=O) groups excluding carboxylic acids is 2. The van der Waals surface area contributed by atoms with E-state index in [2.05, 4.69) is 57.1 Å². The smallest absolute Gasteiger partial charge is 0.356 e. The van der Waals surface area contributed by atoms with Gasteiger partial charge in [-0.15, -0.1) is 16.9 Å². The number of hydrogen-bond donors (Lipinski definition) is 1. The monoisotopic (exact) mass is 710 g/mol. The number of aromatic nitrogens is 4. The summed E-state index contributed by atoms with van der Waals surface area (Å²) in [5.74, 6) is 0.354. The number of esters is 1. The van der Waals surface area contributed by atoms with Gasteiger partial charge in [-0.3, -0.25) is 14.7 Å². The van der Waals surface area contributed by atoms with E-state index in [-0.39, 0.29) is 33.6 Å². The van der Waals surface area contributed by atoms with Crippen LogP contribution in [0.4, 0.5) is 0 Å². The number of tetrazole rings is 1. The number of aliphatic imine (C=N–C) groups is 1. The summed E-state index contributed by atoms with van der Waals surface area (Å²) in [6, 6.07) is 22.4. The van der Waals surface area contributed by atoms with Crippen molar-refractivity contribution in [3.8, 4) is 5.75 Å². The van der Waals surface area contributed by atoms with Gasteiger partial charge in [0, 0.05) is 35.9 Å². The van der Waals surface area contributed by atoms with Crippen LogP contribution >= 0.6 is 23.5 Å². The minimum absolute atomic E-state index is 0.249. The van der Waals surface area contributed by atoms with Gasteiger partial charge >= 0.3 is 5.97 Å². The highest BCUT2D eigenvalue weighted by atomic mass is 32.2. The molecule has 0 spiro atoms. The Kier molecular flexibility index (Phi) is 9.96. The lowest BCUT2D eigenvalue weighted by atomic mass is 9.78. The van der Waals surface area contributed by atoms with Gasteiger partial charge in [0.1, 0.15) is 16.8 Å². The van der Waals surface area contributed by atoms with Crippen LogP contribution in [0, 0.1) is 0 Å². The van der Waals surface area contributed by atoms with Crippen molar-refractivity contribution in [1.29, 1.82) is 0 Å². The summed E-state index contributed by atoms with van der Waals surface area (Å²) in [6.45, 7) is 12.4. The lowest BCUT2D eigenvalue weighted by molar-refractivity contribution is -0.153. The number of nitrogens with zero attached hydrogens (tertiary/aromatic N) is 6. The molecule has 3 aromatic carbocycles. The average Bonchev–Trinajstić information content (AvgIpc) is 3.50. The van der Waals surface area contributed by atoms with E-state index in [1.54, 1.807) is 34.6 Å². The van der Waals surface area contributed by atoms with Crippen molar-refractivity contribution in [1.82, 2.24) is 25.1 Å². The summed E-state index contributed by atoms with van der Waals surface area (Å²) in [7, 11) is 1.76. The van der Waals surface area contributed by atoms with Gasteiger partial charge in [0.2, 0.25) is 5.16 Å². The molecule has 1 amide bonds. The first-order chi connectivity index (χ1) is 23.7. The molecule has 2 atom stereocenters. The molecule has 4 aromatic rings. The molecule has 6 rings (SSSR count). The number of thioether (sulfide) groups is 2. The normalized spacial score (nSPS) is 18.1. The van der Waals surface area contributed by atoms with Crippen molar-refractivity contribution in [3.05, 3.63) is 112 Å². The zero-order chi connectivity index (χ0) is 35.8. The molecule has 1 saturated heterocycles. The summed E-state index contributed by atoms with van der Waals surface area (Å²) in [5.41, 5.74) is 4.51. The maximum absolute atomic E-state index is 14.3. The number of amides is 1. The molecular weight excluding hydrogens is 669 g/mol. The quantitative estimate of drug-likeness (QED) is 0.0887. The number of benzene rings is 3. The molecule has 1 N–H and O–H groups in total. The number of ether oxygens (including phenoxy) is 1. The maximum Gasteiger partial charge on any atom is 0.356 e. The van der Waals surface area contributed by atoms with Gasteiger partial charge in [0.25, 0.3) is 5.91 Å². The summed E-state index contributed by atoms with van der Waals surface area (Å²) in [5, 5.41) is 23.1. The number of phenols is 1.